The van der Waals surface area contributed by atoms with Gasteiger partial charge in [0.25, 0.3) is 0 Å². The van der Waals surface area contributed by atoms with Gasteiger partial charge in [-0.05, 0) is 26.2 Å². The lowest BCUT2D eigenvalue weighted by Crippen LogP contribution is -2.40. The van der Waals surface area contributed by atoms with Crippen LogP contribution in [0.2, 0.25) is 0 Å². The zero-order valence-corrected chi connectivity index (χ0v) is 12.9. The molecule has 0 radical (unpaired) electrons. The Balaban J connectivity index is 3.05. The van der Waals surface area contributed by atoms with Crippen molar-refractivity contribution in [3.05, 3.63) is 11.4 Å². The van der Waals surface area contributed by atoms with Crippen LogP contribution in [0.5, 0.6) is 0 Å². The molecule has 0 bridgehead atoms. The topological polar surface area (TPSA) is 92.9 Å². The molecule has 0 aromatic carbocycles. The standard InChI is InChI=1S/C14H25N5O/c1-6-7-16-13-9(4)14(18-10(5)17-13)19-11(8(2)3)12(15)20/h8,11H,6-7H2,1-5H3,(H2,15,20)(H2,16,17,18,19). The first-order valence-electron chi connectivity index (χ1n) is 7.01. The first-order chi connectivity index (χ1) is 9.36. The van der Waals surface area contributed by atoms with Crippen molar-refractivity contribution >= 4 is 17.5 Å². The molecule has 1 heterocycles. The second-order valence-corrected chi connectivity index (χ2v) is 5.29. The molecule has 1 amide bonds. The van der Waals surface area contributed by atoms with Gasteiger partial charge in [0.2, 0.25) is 5.91 Å². The Morgan fingerprint density at radius 1 is 1.25 bits per heavy atom. The molecule has 20 heavy (non-hydrogen) atoms. The number of nitrogens with zero attached hydrogens (tertiary/aromatic N) is 2. The van der Waals surface area contributed by atoms with E-state index in [1.54, 1.807) is 0 Å². The fourth-order valence-electron chi connectivity index (χ4n) is 1.90. The molecule has 112 valence electrons. The number of aromatic nitrogens is 2. The summed E-state index contributed by atoms with van der Waals surface area (Å²) >= 11 is 0. The predicted molar refractivity (Wildman–Crippen MR) is 81.7 cm³/mol. The fourth-order valence-corrected chi connectivity index (χ4v) is 1.90. The summed E-state index contributed by atoms with van der Waals surface area (Å²) in [6, 6.07) is -0.443. The second kappa shape index (κ2) is 7.07. The quantitative estimate of drug-likeness (QED) is 0.708. The van der Waals surface area contributed by atoms with E-state index in [2.05, 4.69) is 27.5 Å². The van der Waals surface area contributed by atoms with Crippen molar-refractivity contribution in [2.24, 2.45) is 11.7 Å². The Morgan fingerprint density at radius 2 is 1.85 bits per heavy atom. The minimum absolute atomic E-state index is 0.0919. The summed E-state index contributed by atoms with van der Waals surface area (Å²) < 4.78 is 0. The summed E-state index contributed by atoms with van der Waals surface area (Å²) in [7, 11) is 0. The molecule has 0 saturated heterocycles. The van der Waals surface area contributed by atoms with E-state index in [1.165, 1.54) is 0 Å². The smallest absolute Gasteiger partial charge is 0.240 e. The maximum absolute atomic E-state index is 11.5. The van der Waals surface area contributed by atoms with Gasteiger partial charge in [-0.2, -0.15) is 0 Å². The van der Waals surface area contributed by atoms with Crippen LogP contribution in [0.1, 0.15) is 38.6 Å². The van der Waals surface area contributed by atoms with E-state index in [0.29, 0.717) is 11.6 Å². The van der Waals surface area contributed by atoms with Gasteiger partial charge in [0.05, 0.1) is 0 Å². The van der Waals surface area contributed by atoms with Gasteiger partial charge in [0.15, 0.2) is 0 Å². The lowest BCUT2D eigenvalue weighted by molar-refractivity contribution is -0.119. The number of hydrogen-bond donors (Lipinski definition) is 3. The Bertz CT molecular complexity index is 473. The third kappa shape index (κ3) is 4.08. The van der Waals surface area contributed by atoms with Crippen LogP contribution < -0.4 is 16.4 Å². The molecule has 1 aromatic rings. The van der Waals surface area contributed by atoms with E-state index in [1.807, 2.05) is 27.7 Å². The minimum Gasteiger partial charge on any atom is -0.370 e. The van der Waals surface area contributed by atoms with Crippen LogP contribution in [0.15, 0.2) is 0 Å². The highest BCUT2D eigenvalue weighted by atomic mass is 16.1. The van der Waals surface area contributed by atoms with Gasteiger partial charge in [0.1, 0.15) is 23.5 Å². The van der Waals surface area contributed by atoms with Crippen molar-refractivity contribution in [3.8, 4) is 0 Å². The lowest BCUT2D eigenvalue weighted by Gasteiger charge is -2.21. The van der Waals surface area contributed by atoms with E-state index >= 15 is 0 Å². The number of rotatable bonds is 7. The van der Waals surface area contributed by atoms with Crippen LogP contribution in [0.4, 0.5) is 11.6 Å². The monoisotopic (exact) mass is 279 g/mol. The van der Waals surface area contributed by atoms with Crippen LogP contribution in [0.25, 0.3) is 0 Å². The summed E-state index contributed by atoms with van der Waals surface area (Å²) in [5, 5.41) is 6.41. The molecule has 1 unspecified atom stereocenters. The number of carbonyl (C=O) groups is 1. The van der Waals surface area contributed by atoms with Crippen molar-refractivity contribution < 1.29 is 4.79 Å². The number of amides is 1. The highest BCUT2D eigenvalue weighted by Crippen LogP contribution is 2.21. The summed E-state index contributed by atoms with van der Waals surface area (Å²) in [5.41, 5.74) is 6.33. The Kier molecular flexibility index (Phi) is 5.73. The van der Waals surface area contributed by atoms with Gasteiger partial charge >= 0.3 is 0 Å². The molecule has 6 nitrogen and oxygen atoms in total. The Morgan fingerprint density at radius 3 is 2.35 bits per heavy atom. The molecular formula is C14H25N5O. The van der Waals surface area contributed by atoms with Crippen LogP contribution in [-0.2, 0) is 4.79 Å². The summed E-state index contributed by atoms with van der Waals surface area (Å²) in [6.07, 6.45) is 1.02. The van der Waals surface area contributed by atoms with Gasteiger partial charge in [-0.25, -0.2) is 9.97 Å². The van der Waals surface area contributed by atoms with Crippen molar-refractivity contribution in [2.45, 2.75) is 47.1 Å². The molecule has 0 aliphatic heterocycles. The second-order valence-electron chi connectivity index (χ2n) is 5.29. The summed E-state index contributed by atoms with van der Waals surface area (Å²) in [5.74, 6) is 1.83. The number of primary amides is 1. The summed E-state index contributed by atoms with van der Waals surface area (Å²) in [4.78, 5) is 20.3. The van der Waals surface area contributed by atoms with Gasteiger partial charge in [-0.15, -0.1) is 0 Å². The zero-order chi connectivity index (χ0) is 15.3. The van der Waals surface area contributed by atoms with Gasteiger partial charge in [-0.1, -0.05) is 20.8 Å². The molecule has 0 saturated carbocycles. The number of nitrogens with one attached hydrogen (secondary N) is 2. The Labute approximate surface area is 120 Å². The molecule has 0 aliphatic carbocycles. The third-order valence-corrected chi connectivity index (χ3v) is 3.07. The van der Waals surface area contributed by atoms with Crippen molar-refractivity contribution in [1.29, 1.82) is 0 Å². The molecule has 0 aliphatic rings. The largest absolute Gasteiger partial charge is 0.370 e. The Hall–Kier alpha value is -1.85. The van der Waals surface area contributed by atoms with Crippen molar-refractivity contribution in [3.63, 3.8) is 0 Å². The van der Waals surface area contributed by atoms with Crippen molar-refractivity contribution in [1.82, 2.24) is 9.97 Å². The highest BCUT2D eigenvalue weighted by molar-refractivity contribution is 5.83. The van der Waals surface area contributed by atoms with E-state index in [-0.39, 0.29) is 11.8 Å². The average Bonchev–Trinajstić information content (AvgIpc) is 2.36. The molecule has 4 N–H and O–H groups in total. The number of aryl methyl sites for hydroxylation is 1. The summed E-state index contributed by atoms with van der Waals surface area (Å²) in [6.45, 7) is 10.6. The molecule has 1 aromatic heterocycles. The SMILES string of the molecule is CCCNc1nc(C)nc(NC(C(N)=O)C(C)C)c1C. The highest BCUT2D eigenvalue weighted by Gasteiger charge is 2.21. The van der Waals surface area contributed by atoms with E-state index < -0.39 is 6.04 Å². The first-order valence-corrected chi connectivity index (χ1v) is 7.01. The fraction of sp³-hybridized carbons (Fsp3) is 0.643. The molecule has 1 rings (SSSR count). The lowest BCUT2D eigenvalue weighted by atomic mass is 10.0. The molecular weight excluding hydrogens is 254 g/mol. The average molecular weight is 279 g/mol. The van der Waals surface area contributed by atoms with Gasteiger partial charge < -0.3 is 16.4 Å². The predicted octanol–water partition coefficient (Wildman–Crippen LogP) is 1.84. The maximum atomic E-state index is 11.5. The number of hydrogen-bond acceptors (Lipinski definition) is 5. The molecule has 6 heteroatoms. The van der Waals surface area contributed by atoms with Crippen LogP contribution >= 0.6 is 0 Å². The van der Waals surface area contributed by atoms with Crippen LogP contribution in [0, 0.1) is 19.8 Å². The maximum Gasteiger partial charge on any atom is 0.240 e. The first kappa shape index (κ1) is 16.2. The van der Waals surface area contributed by atoms with E-state index in [0.717, 1.165) is 24.3 Å². The van der Waals surface area contributed by atoms with E-state index in [9.17, 15) is 4.79 Å². The number of anilines is 2. The molecule has 0 fully saturated rings. The van der Waals surface area contributed by atoms with E-state index in [4.69, 9.17) is 5.73 Å². The number of nitrogens with two attached hydrogens (primary N) is 1. The van der Waals surface area contributed by atoms with Gasteiger partial charge in [0, 0.05) is 12.1 Å². The molecule has 1 atom stereocenters. The van der Waals surface area contributed by atoms with Crippen molar-refractivity contribution in [2.75, 3.05) is 17.2 Å². The third-order valence-electron chi connectivity index (χ3n) is 3.07. The zero-order valence-electron chi connectivity index (χ0n) is 12.9. The van der Waals surface area contributed by atoms with Crippen LogP contribution in [-0.4, -0.2) is 28.5 Å². The minimum atomic E-state index is -0.443. The normalized spacial score (nSPS) is 12.3. The van der Waals surface area contributed by atoms with Crippen LogP contribution in [0.3, 0.4) is 0 Å². The van der Waals surface area contributed by atoms with Gasteiger partial charge in [-0.3, -0.25) is 4.79 Å². The molecule has 0 spiro atoms. The number of carbonyl (C=O) groups excluding carboxylic acids is 1.